The topological polar surface area (TPSA) is 86.5 Å². The largest absolute Gasteiger partial charge is 0.433 e. The van der Waals surface area contributed by atoms with Crippen molar-refractivity contribution in [2.24, 2.45) is 0 Å². The molecular formula is C7H3ClF2INO5S. The first-order valence-corrected chi connectivity index (χ1v) is 7.39. The highest BCUT2D eigenvalue weighted by Gasteiger charge is 2.26. The Kier molecular flexibility index (Phi) is 4.66. The summed E-state index contributed by atoms with van der Waals surface area (Å²) in [6, 6.07) is 1.38. The molecule has 100 valence electrons. The molecule has 0 amide bonds. The van der Waals surface area contributed by atoms with E-state index in [9.17, 15) is 27.3 Å². The molecule has 1 rings (SSSR count). The highest BCUT2D eigenvalue weighted by molar-refractivity contribution is 14.1. The van der Waals surface area contributed by atoms with Gasteiger partial charge in [-0.05, 0) is 22.6 Å². The van der Waals surface area contributed by atoms with Crippen LogP contribution in [0.5, 0.6) is 5.75 Å². The molecule has 0 radical (unpaired) electrons. The Labute approximate surface area is 118 Å². The number of halogens is 4. The van der Waals surface area contributed by atoms with Gasteiger partial charge in [-0.25, -0.2) is 8.42 Å². The molecule has 0 saturated carbocycles. The molecule has 0 heterocycles. The zero-order valence-corrected chi connectivity index (χ0v) is 11.9. The SMILES string of the molecule is O=[N+]([O-])c1cc(S(=O)(=O)Cl)c(OC(F)F)cc1I. The Morgan fingerprint density at radius 1 is 1.44 bits per heavy atom. The molecule has 0 spiro atoms. The number of hydrogen-bond acceptors (Lipinski definition) is 5. The van der Waals surface area contributed by atoms with Crippen molar-refractivity contribution in [3.8, 4) is 5.75 Å². The molecule has 0 N–H and O–H groups in total. The smallest absolute Gasteiger partial charge is 0.387 e. The van der Waals surface area contributed by atoms with Gasteiger partial charge in [-0.2, -0.15) is 8.78 Å². The number of hydrogen-bond donors (Lipinski definition) is 0. The summed E-state index contributed by atoms with van der Waals surface area (Å²) in [6.45, 7) is -3.28. The summed E-state index contributed by atoms with van der Waals surface area (Å²) in [5.41, 5.74) is -0.573. The molecule has 6 nitrogen and oxygen atoms in total. The van der Waals surface area contributed by atoms with E-state index in [0.29, 0.717) is 6.07 Å². The Balaban J connectivity index is 3.52. The van der Waals surface area contributed by atoms with Crippen molar-refractivity contribution in [3.63, 3.8) is 0 Å². The Morgan fingerprint density at radius 2 is 2.00 bits per heavy atom. The van der Waals surface area contributed by atoms with Crippen LogP contribution < -0.4 is 4.74 Å². The van der Waals surface area contributed by atoms with Crippen LogP contribution in [0.3, 0.4) is 0 Å². The molecule has 0 atom stereocenters. The van der Waals surface area contributed by atoms with E-state index in [1.807, 2.05) is 0 Å². The minimum atomic E-state index is -4.45. The number of nitro benzene ring substituents is 1. The summed E-state index contributed by atoms with van der Waals surface area (Å²) < 4.78 is 50.3. The maximum Gasteiger partial charge on any atom is 0.387 e. The molecule has 1 aromatic carbocycles. The molecule has 0 aliphatic carbocycles. The van der Waals surface area contributed by atoms with Gasteiger partial charge in [0.15, 0.2) is 0 Å². The fourth-order valence-corrected chi connectivity index (χ4v) is 2.64. The predicted molar refractivity (Wildman–Crippen MR) is 65.5 cm³/mol. The van der Waals surface area contributed by atoms with Gasteiger partial charge in [-0.15, -0.1) is 0 Å². The Hall–Kier alpha value is -0.750. The minimum absolute atomic E-state index is 0.0580. The summed E-state index contributed by atoms with van der Waals surface area (Å²) in [4.78, 5) is 8.87. The van der Waals surface area contributed by atoms with E-state index in [1.165, 1.54) is 22.6 Å². The summed E-state index contributed by atoms with van der Waals surface area (Å²) in [7, 11) is 0.553. The molecule has 0 aliphatic rings. The van der Waals surface area contributed by atoms with E-state index < -0.39 is 36.9 Å². The zero-order valence-electron chi connectivity index (χ0n) is 8.14. The van der Waals surface area contributed by atoms with Crippen molar-refractivity contribution in [1.29, 1.82) is 0 Å². The average molecular weight is 414 g/mol. The van der Waals surface area contributed by atoms with Crippen LogP contribution in [0.25, 0.3) is 0 Å². The van der Waals surface area contributed by atoms with Crippen LogP contribution in [0.1, 0.15) is 0 Å². The lowest BCUT2D eigenvalue weighted by Gasteiger charge is -2.09. The molecule has 0 aromatic heterocycles. The molecule has 18 heavy (non-hydrogen) atoms. The van der Waals surface area contributed by atoms with Gasteiger partial charge in [0.05, 0.1) is 8.49 Å². The minimum Gasteiger partial charge on any atom is -0.433 e. The zero-order chi connectivity index (χ0) is 14.1. The third-order valence-electron chi connectivity index (χ3n) is 1.69. The van der Waals surface area contributed by atoms with Crippen molar-refractivity contribution >= 4 is 48.0 Å². The fourth-order valence-electron chi connectivity index (χ4n) is 1.04. The molecule has 0 unspecified atom stereocenters. The normalized spacial score (nSPS) is 11.6. The Morgan fingerprint density at radius 3 is 2.39 bits per heavy atom. The molecule has 0 bridgehead atoms. The highest BCUT2D eigenvalue weighted by atomic mass is 127. The lowest BCUT2D eigenvalue weighted by atomic mass is 10.3. The molecule has 1 aromatic rings. The van der Waals surface area contributed by atoms with E-state index in [4.69, 9.17) is 10.7 Å². The first-order valence-electron chi connectivity index (χ1n) is 4.00. The number of rotatable bonds is 4. The van der Waals surface area contributed by atoms with E-state index in [-0.39, 0.29) is 3.57 Å². The van der Waals surface area contributed by atoms with Gasteiger partial charge in [0.1, 0.15) is 10.6 Å². The number of alkyl halides is 2. The van der Waals surface area contributed by atoms with E-state index in [1.54, 1.807) is 0 Å². The van der Waals surface area contributed by atoms with Crippen molar-refractivity contribution < 1.29 is 26.9 Å². The van der Waals surface area contributed by atoms with Gasteiger partial charge in [-0.3, -0.25) is 10.1 Å². The van der Waals surface area contributed by atoms with Crippen LogP contribution in [-0.4, -0.2) is 20.0 Å². The van der Waals surface area contributed by atoms with Crippen LogP contribution >= 0.6 is 33.3 Å². The molecular weight excluding hydrogens is 410 g/mol. The molecule has 11 heteroatoms. The van der Waals surface area contributed by atoms with Gasteiger partial charge >= 0.3 is 6.61 Å². The van der Waals surface area contributed by atoms with E-state index >= 15 is 0 Å². The van der Waals surface area contributed by atoms with Gasteiger partial charge in [0, 0.05) is 22.8 Å². The lowest BCUT2D eigenvalue weighted by molar-refractivity contribution is -0.386. The van der Waals surface area contributed by atoms with Gasteiger partial charge in [0.2, 0.25) is 0 Å². The monoisotopic (exact) mass is 413 g/mol. The van der Waals surface area contributed by atoms with E-state index in [2.05, 4.69) is 4.74 Å². The van der Waals surface area contributed by atoms with E-state index in [0.717, 1.165) is 6.07 Å². The fraction of sp³-hybridized carbons (Fsp3) is 0.143. The third-order valence-corrected chi connectivity index (χ3v) is 3.90. The second-order valence-corrected chi connectivity index (χ2v) is 6.52. The van der Waals surface area contributed by atoms with Crippen molar-refractivity contribution in [2.75, 3.05) is 0 Å². The Bertz CT molecular complexity index is 594. The first-order chi connectivity index (χ1) is 8.12. The molecule has 0 aliphatic heterocycles. The first kappa shape index (κ1) is 15.3. The standard InChI is InChI=1S/C7H3ClF2INO5S/c8-18(15,16)6-2-4(12(13)14)3(11)1-5(6)17-7(9)10/h1-2,7H. The average Bonchev–Trinajstić information content (AvgIpc) is 2.13. The maximum absolute atomic E-state index is 12.1. The number of benzene rings is 1. The van der Waals surface area contributed by atoms with Gasteiger partial charge in [0.25, 0.3) is 14.7 Å². The number of nitrogens with zero attached hydrogens (tertiary/aromatic N) is 1. The van der Waals surface area contributed by atoms with Crippen LogP contribution in [0.4, 0.5) is 14.5 Å². The summed E-state index contributed by atoms with van der Waals surface area (Å²) in [5.74, 6) is -0.741. The summed E-state index contributed by atoms with van der Waals surface area (Å²) >= 11 is 1.49. The summed E-state index contributed by atoms with van der Waals surface area (Å²) in [6.07, 6.45) is 0. The maximum atomic E-state index is 12.1. The number of ether oxygens (including phenoxy) is 1. The van der Waals surface area contributed by atoms with Crippen LogP contribution in [0, 0.1) is 13.7 Å². The predicted octanol–water partition coefficient (Wildman–Crippen LogP) is 2.73. The van der Waals surface area contributed by atoms with Crippen molar-refractivity contribution in [2.45, 2.75) is 11.5 Å². The summed E-state index contributed by atoms with van der Waals surface area (Å²) in [5, 5.41) is 10.6. The van der Waals surface area contributed by atoms with Gasteiger partial charge in [-0.1, -0.05) is 0 Å². The second-order valence-electron chi connectivity index (χ2n) is 2.82. The van der Waals surface area contributed by atoms with Gasteiger partial charge < -0.3 is 4.74 Å². The van der Waals surface area contributed by atoms with Crippen molar-refractivity contribution in [3.05, 3.63) is 25.8 Å². The quantitative estimate of drug-likeness (QED) is 0.328. The van der Waals surface area contributed by atoms with Crippen LogP contribution in [-0.2, 0) is 9.05 Å². The highest BCUT2D eigenvalue weighted by Crippen LogP contribution is 2.35. The second kappa shape index (κ2) is 5.48. The molecule has 0 saturated heterocycles. The van der Waals surface area contributed by atoms with Crippen LogP contribution in [0.2, 0.25) is 0 Å². The number of nitro groups is 1. The third kappa shape index (κ3) is 3.62. The molecule has 0 fully saturated rings. The van der Waals surface area contributed by atoms with Crippen LogP contribution in [0.15, 0.2) is 17.0 Å². The lowest BCUT2D eigenvalue weighted by Crippen LogP contribution is -2.07. The van der Waals surface area contributed by atoms with Crippen molar-refractivity contribution in [1.82, 2.24) is 0 Å².